The van der Waals surface area contributed by atoms with Gasteiger partial charge in [-0.1, -0.05) is 62.7 Å². The third-order valence-electron chi connectivity index (χ3n) is 9.94. The summed E-state index contributed by atoms with van der Waals surface area (Å²) in [6, 6.07) is 11.4. The summed E-state index contributed by atoms with van der Waals surface area (Å²) in [7, 11) is 0. The lowest BCUT2D eigenvalue weighted by Crippen LogP contribution is -2.50. The number of nitrogens with zero attached hydrogens (tertiary/aromatic N) is 7. The first-order valence-electron chi connectivity index (χ1n) is 19.1. The van der Waals surface area contributed by atoms with Crippen molar-refractivity contribution in [3.8, 4) is 22.5 Å². The van der Waals surface area contributed by atoms with Crippen molar-refractivity contribution in [1.29, 1.82) is 0 Å². The topological polar surface area (TPSA) is 146 Å². The van der Waals surface area contributed by atoms with Crippen molar-refractivity contribution in [1.82, 2.24) is 34.8 Å². The van der Waals surface area contributed by atoms with Crippen LogP contribution >= 0.6 is 11.6 Å². The van der Waals surface area contributed by atoms with Gasteiger partial charge in [0, 0.05) is 23.7 Å². The van der Waals surface area contributed by atoms with Crippen molar-refractivity contribution >= 4 is 35.5 Å². The van der Waals surface area contributed by atoms with Gasteiger partial charge in [0.1, 0.15) is 18.5 Å². The average Bonchev–Trinajstić information content (AvgIpc) is 4.01. The number of halogens is 3. The van der Waals surface area contributed by atoms with Crippen LogP contribution in [0.4, 0.5) is 13.6 Å². The molecule has 2 saturated carbocycles. The number of rotatable bonds is 12. The number of amides is 2. The third-order valence-corrected chi connectivity index (χ3v) is 10.3. The zero-order valence-electron chi connectivity index (χ0n) is 32.8. The molecular formula is C41H47ClF2N8O5. The standard InChI is InChI=1S/C41H47ClF2N8O5/c1-39(2,3)22-41(28-12-9-25(10-13-28)27-19-46-50(20-27)36(43)44)35(54)51(37(49-41)48-38(55)57-40(4,5)6)32(21-56-33(53)17-24-7-8-24)26-11-16-31(42)30(18-26)34-45-23-47-52(34)29-14-15-29/h9-13,16,18-20,23-24,29,32,36H,7-8,14-15,17,21-22H2,1-6H3,(H,48,49,55)/t32-,41-/m1/s1. The van der Waals surface area contributed by atoms with E-state index in [-0.39, 0.29) is 37.4 Å². The Bertz CT molecular complexity index is 2180. The maximum absolute atomic E-state index is 15.5. The lowest BCUT2D eigenvalue weighted by Gasteiger charge is -2.35. The fourth-order valence-electron chi connectivity index (χ4n) is 7.11. The Morgan fingerprint density at radius 2 is 1.72 bits per heavy atom. The van der Waals surface area contributed by atoms with Crippen LogP contribution in [0.2, 0.25) is 5.02 Å². The number of hydrogen-bond acceptors (Lipinski definition) is 9. The highest BCUT2D eigenvalue weighted by atomic mass is 35.5. The van der Waals surface area contributed by atoms with Gasteiger partial charge in [0.15, 0.2) is 11.4 Å². The lowest BCUT2D eigenvalue weighted by molar-refractivity contribution is -0.148. The Balaban J connectivity index is 1.35. The molecule has 7 rings (SSSR count). The maximum Gasteiger partial charge on any atom is 0.414 e. The van der Waals surface area contributed by atoms with Crippen LogP contribution in [0, 0.1) is 11.3 Å². The molecule has 2 fully saturated rings. The van der Waals surface area contributed by atoms with Gasteiger partial charge in [-0.05, 0) is 93.0 Å². The summed E-state index contributed by atoms with van der Waals surface area (Å²) < 4.78 is 40.7. The number of benzene rings is 2. The van der Waals surface area contributed by atoms with Crippen LogP contribution in [-0.4, -0.2) is 65.6 Å². The number of esters is 1. The van der Waals surface area contributed by atoms with E-state index in [1.54, 1.807) is 63.2 Å². The zero-order valence-corrected chi connectivity index (χ0v) is 33.6. The molecule has 4 aromatic rings. The van der Waals surface area contributed by atoms with E-state index in [0.29, 0.717) is 43.3 Å². The van der Waals surface area contributed by atoms with E-state index >= 15 is 4.79 Å². The van der Waals surface area contributed by atoms with Gasteiger partial charge in [-0.2, -0.15) is 19.0 Å². The zero-order chi connectivity index (χ0) is 40.9. The number of aromatic nitrogens is 5. The number of nitrogens with one attached hydrogen (secondary N) is 1. The number of aliphatic imine (C=N–C) groups is 1. The van der Waals surface area contributed by atoms with Crippen molar-refractivity contribution in [2.24, 2.45) is 16.3 Å². The quantitative estimate of drug-likeness (QED) is 0.140. The Labute approximate surface area is 334 Å². The van der Waals surface area contributed by atoms with Crippen LogP contribution in [0.3, 0.4) is 0 Å². The Morgan fingerprint density at radius 3 is 2.33 bits per heavy atom. The van der Waals surface area contributed by atoms with Gasteiger partial charge in [-0.25, -0.2) is 24.1 Å². The number of hydrogen-bond donors (Lipinski definition) is 1. The summed E-state index contributed by atoms with van der Waals surface area (Å²) >= 11 is 6.81. The number of guanidine groups is 1. The van der Waals surface area contributed by atoms with E-state index in [2.05, 4.69) is 20.5 Å². The Hall–Kier alpha value is -5.18. The van der Waals surface area contributed by atoms with Crippen LogP contribution in [-0.2, 0) is 24.6 Å². The lowest BCUT2D eigenvalue weighted by atomic mass is 9.75. The van der Waals surface area contributed by atoms with Gasteiger partial charge in [0.25, 0.3) is 5.91 Å². The molecule has 2 aliphatic carbocycles. The van der Waals surface area contributed by atoms with E-state index in [1.807, 2.05) is 25.5 Å². The molecule has 2 amide bonds. The molecule has 0 saturated heterocycles. The van der Waals surface area contributed by atoms with Crippen molar-refractivity contribution in [3.63, 3.8) is 0 Å². The number of ether oxygens (including phenoxy) is 2. The fourth-order valence-corrected chi connectivity index (χ4v) is 7.32. The van der Waals surface area contributed by atoms with Gasteiger partial charge in [0.05, 0.1) is 23.3 Å². The molecule has 0 bridgehead atoms. The Kier molecular flexibility index (Phi) is 10.7. The van der Waals surface area contributed by atoms with Gasteiger partial charge in [0.2, 0.25) is 5.96 Å². The second-order valence-electron chi connectivity index (χ2n) is 17.2. The summed E-state index contributed by atoms with van der Waals surface area (Å²) in [6.45, 7) is 8.05. The minimum atomic E-state index is -2.80. The monoisotopic (exact) mass is 804 g/mol. The average molecular weight is 805 g/mol. The summed E-state index contributed by atoms with van der Waals surface area (Å²) in [5, 5.41) is 11.4. The van der Waals surface area contributed by atoms with Crippen molar-refractivity contribution in [3.05, 3.63) is 77.3 Å². The molecule has 2 aromatic heterocycles. The molecule has 3 heterocycles. The van der Waals surface area contributed by atoms with Gasteiger partial charge < -0.3 is 9.47 Å². The molecule has 2 atom stereocenters. The molecule has 302 valence electrons. The minimum absolute atomic E-state index is 0.0957. The summed E-state index contributed by atoms with van der Waals surface area (Å²) in [5.41, 5.74) is -0.281. The Morgan fingerprint density at radius 1 is 1.00 bits per heavy atom. The number of alkyl carbamates (subject to hydrolysis) is 1. The molecule has 1 aliphatic heterocycles. The van der Waals surface area contributed by atoms with E-state index in [4.69, 9.17) is 26.1 Å². The molecule has 16 heteroatoms. The highest BCUT2D eigenvalue weighted by Crippen LogP contribution is 2.46. The SMILES string of the molecule is CC(C)(C)C[C@]1(c2ccc(-c3cnn(C(F)F)c3)cc2)N=C(NC(=O)OC(C)(C)C)N([C@H](COC(=O)CC2CC2)c2ccc(Cl)c(-c3ncnn3C3CC3)c2)C1=O. The summed E-state index contributed by atoms with van der Waals surface area (Å²) in [5.74, 6) is -0.159. The highest BCUT2D eigenvalue weighted by molar-refractivity contribution is 6.33. The molecule has 0 unspecified atom stereocenters. The van der Waals surface area contributed by atoms with Crippen molar-refractivity contribution in [2.75, 3.05) is 6.61 Å². The van der Waals surface area contributed by atoms with Gasteiger partial charge in [-0.15, -0.1) is 0 Å². The molecule has 2 aromatic carbocycles. The second-order valence-corrected chi connectivity index (χ2v) is 17.7. The fraction of sp³-hybridized carbons (Fsp3) is 0.488. The van der Waals surface area contributed by atoms with E-state index in [0.717, 1.165) is 25.7 Å². The molecule has 1 N–H and O–H groups in total. The molecular weight excluding hydrogens is 758 g/mol. The van der Waals surface area contributed by atoms with E-state index < -0.39 is 47.1 Å². The molecule has 0 spiro atoms. The molecule has 57 heavy (non-hydrogen) atoms. The minimum Gasteiger partial charge on any atom is -0.463 e. The summed E-state index contributed by atoms with van der Waals surface area (Å²) in [4.78, 5) is 53.2. The van der Waals surface area contributed by atoms with Crippen LogP contribution in [0.5, 0.6) is 0 Å². The molecule has 13 nitrogen and oxygen atoms in total. The third kappa shape index (κ3) is 9.03. The van der Waals surface area contributed by atoms with E-state index in [1.165, 1.54) is 23.6 Å². The predicted octanol–water partition coefficient (Wildman–Crippen LogP) is 8.63. The van der Waals surface area contributed by atoms with Crippen LogP contribution in [0.15, 0.2) is 66.2 Å². The van der Waals surface area contributed by atoms with Crippen LogP contribution in [0.1, 0.15) is 110 Å². The van der Waals surface area contributed by atoms with Gasteiger partial charge in [-0.3, -0.25) is 19.8 Å². The first kappa shape index (κ1) is 40.0. The van der Waals surface area contributed by atoms with Crippen molar-refractivity contribution in [2.45, 2.75) is 110 Å². The maximum atomic E-state index is 15.5. The largest absolute Gasteiger partial charge is 0.463 e. The number of carbonyl (C=O) groups excluding carboxylic acids is 3. The smallest absolute Gasteiger partial charge is 0.414 e. The van der Waals surface area contributed by atoms with Crippen LogP contribution in [0.25, 0.3) is 22.5 Å². The normalized spacial score (nSPS) is 19.2. The van der Waals surface area contributed by atoms with Gasteiger partial charge >= 0.3 is 18.6 Å². The van der Waals surface area contributed by atoms with E-state index in [9.17, 15) is 18.4 Å². The highest BCUT2D eigenvalue weighted by Gasteiger charge is 2.54. The first-order chi connectivity index (χ1) is 26.9. The second kappa shape index (κ2) is 15.3. The van der Waals surface area contributed by atoms with Crippen molar-refractivity contribution < 1.29 is 32.6 Å². The molecule has 3 aliphatic rings. The number of alkyl halides is 2. The molecule has 0 radical (unpaired) electrons. The first-order valence-corrected chi connectivity index (χ1v) is 19.5. The summed E-state index contributed by atoms with van der Waals surface area (Å²) in [6.07, 6.45) is 7.50. The van der Waals surface area contributed by atoms with Crippen LogP contribution < -0.4 is 5.32 Å². The number of carbonyl (C=O) groups is 3. The predicted molar refractivity (Wildman–Crippen MR) is 208 cm³/mol.